The monoisotopic (exact) mass is 371 g/mol. The smallest absolute Gasteiger partial charge is 0.322 e. The van der Waals surface area contributed by atoms with Crippen LogP contribution < -0.4 is 5.32 Å². The van der Waals surface area contributed by atoms with Crippen molar-refractivity contribution in [3.05, 3.63) is 42.2 Å². The first kappa shape index (κ1) is 18.9. The molecule has 1 aromatic carbocycles. The highest BCUT2D eigenvalue weighted by Gasteiger charge is 2.25. The van der Waals surface area contributed by atoms with Crippen LogP contribution in [0.5, 0.6) is 0 Å². The molecule has 1 saturated heterocycles. The third-order valence-corrected chi connectivity index (χ3v) is 4.59. The predicted molar refractivity (Wildman–Crippen MR) is 102 cm³/mol. The van der Waals surface area contributed by atoms with Gasteiger partial charge in [-0.1, -0.05) is 12.1 Å². The van der Waals surface area contributed by atoms with Crippen LogP contribution in [0.1, 0.15) is 12.1 Å². The van der Waals surface area contributed by atoms with Crippen LogP contribution in [-0.4, -0.2) is 71.4 Å². The van der Waals surface area contributed by atoms with Crippen molar-refractivity contribution in [1.29, 1.82) is 0 Å². The Morgan fingerprint density at radius 2 is 2.07 bits per heavy atom. The number of nitrogens with zero attached hydrogens (tertiary/aromatic N) is 4. The molecule has 27 heavy (non-hydrogen) atoms. The van der Waals surface area contributed by atoms with E-state index < -0.39 is 0 Å². The fourth-order valence-electron chi connectivity index (χ4n) is 3.11. The second-order valence-corrected chi connectivity index (χ2v) is 6.48. The molecule has 8 nitrogen and oxygen atoms in total. The average Bonchev–Trinajstić information content (AvgIpc) is 2.99. The van der Waals surface area contributed by atoms with E-state index in [1.54, 1.807) is 27.8 Å². The summed E-state index contributed by atoms with van der Waals surface area (Å²) in [6, 6.07) is 9.11. The molecule has 0 saturated carbocycles. The normalized spacial score (nSPS) is 15.0. The number of aryl methyl sites for hydroxylation is 1. The van der Waals surface area contributed by atoms with Crippen LogP contribution in [0.4, 0.5) is 10.5 Å². The number of benzene rings is 1. The lowest BCUT2D eigenvalue weighted by Crippen LogP contribution is -2.42. The van der Waals surface area contributed by atoms with Gasteiger partial charge in [-0.2, -0.15) is 5.10 Å². The number of nitrogens with one attached hydrogen (secondary N) is 1. The number of anilines is 1. The molecule has 144 valence electrons. The van der Waals surface area contributed by atoms with Crippen LogP contribution in [0.2, 0.25) is 0 Å². The Kier molecular flexibility index (Phi) is 6.08. The summed E-state index contributed by atoms with van der Waals surface area (Å²) in [5, 5.41) is 7.24. The maximum atomic E-state index is 12.8. The Balaban J connectivity index is 1.71. The Morgan fingerprint density at radius 3 is 2.81 bits per heavy atom. The third-order valence-electron chi connectivity index (χ3n) is 4.59. The van der Waals surface area contributed by atoms with Gasteiger partial charge < -0.3 is 19.9 Å². The molecule has 1 aliphatic rings. The van der Waals surface area contributed by atoms with Crippen molar-refractivity contribution >= 4 is 17.6 Å². The molecular weight excluding hydrogens is 346 g/mol. The molecule has 3 rings (SSSR count). The van der Waals surface area contributed by atoms with Gasteiger partial charge in [0.25, 0.3) is 0 Å². The molecule has 1 aromatic heterocycles. The van der Waals surface area contributed by atoms with E-state index in [4.69, 9.17) is 4.74 Å². The SMILES string of the molecule is COCCN1CCCN(C(=O)Nc2ccccc2-n2nccc2C)CC1=O. The van der Waals surface area contributed by atoms with Gasteiger partial charge in [0.1, 0.15) is 6.54 Å². The van der Waals surface area contributed by atoms with E-state index >= 15 is 0 Å². The number of methoxy groups -OCH3 is 1. The van der Waals surface area contributed by atoms with Crippen molar-refractivity contribution < 1.29 is 14.3 Å². The number of carbonyl (C=O) groups is 2. The molecule has 1 fully saturated rings. The summed E-state index contributed by atoms with van der Waals surface area (Å²) < 4.78 is 6.82. The Morgan fingerprint density at radius 1 is 1.26 bits per heavy atom. The van der Waals surface area contributed by atoms with Gasteiger partial charge in [0.05, 0.1) is 18.0 Å². The number of aromatic nitrogens is 2. The summed E-state index contributed by atoms with van der Waals surface area (Å²) in [5.74, 6) is -0.0593. The molecule has 2 aromatic rings. The number of para-hydroxylation sites is 2. The standard InChI is InChI=1S/C19H25N5O3/c1-15-8-9-20-24(15)17-7-4-3-6-16(17)21-19(26)23-11-5-10-22(12-13-27-2)18(25)14-23/h3-4,6-9H,5,10-14H2,1-2H3,(H,21,26). The minimum Gasteiger partial charge on any atom is -0.383 e. The van der Waals surface area contributed by atoms with Gasteiger partial charge in [0.15, 0.2) is 0 Å². The summed E-state index contributed by atoms with van der Waals surface area (Å²) in [4.78, 5) is 28.5. The van der Waals surface area contributed by atoms with Crippen molar-refractivity contribution in [2.45, 2.75) is 13.3 Å². The Hall–Kier alpha value is -2.87. The van der Waals surface area contributed by atoms with Gasteiger partial charge >= 0.3 is 6.03 Å². The number of hydrogen-bond acceptors (Lipinski definition) is 4. The minimum absolute atomic E-state index is 0.0593. The fraction of sp³-hybridized carbons (Fsp3) is 0.421. The van der Waals surface area contributed by atoms with E-state index in [1.807, 2.05) is 37.3 Å². The number of ether oxygens (including phenoxy) is 1. The van der Waals surface area contributed by atoms with Crippen molar-refractivity contribution in [2.75, 3.05) is 45.2 Å². The molecule has 0 spiro atoms. The second-order valence-electron chi connectivity index (χ2n) is 6.48. The summed E-state index contributed by atoms with van der Waals surface area (Å²) in [5.41, 5.74) is 2.41. The fourth-order valence-corrected chi connectivity index (χ4v) is 3.11. The predicted octanol–water partition coefficient (Wildman–Crippen LogP) is 1.89. The topological polar surface area (TPSA) is 79.7 Å². The largest absolute Gasteiger partial charge is 0.383 e. The Bertz CT molecular complexity index is 804. The number of carbonyl (C=O) groups excluding carboxylic acids is 2. The van der Waals surface area contributed by atoms with Gasteiger partial charge in [-0.05, 0) is 31.5 Å². The zero-order valence-corrected chi connectivity index (χ0v) is 15.7. The van der Waals surface area contributed by atoms with Gasteiger partial charge in [-0.15, -0.1) is 0 Å². The third kappa shape index (κ3) is 4.46. The van der Waals surface area contributed by atoms with Crippen LogP contribution in [0.3, 0.4) is 0 Å². The summed E-state index contributed by atoms with van der Waals surface area (Å²) in [7, 11) is 1.61. The average molecular weight is 371 g/mol. The van der Waals surface area contributed by atoms with Gasteiger partial charge in [0.2, 0.25) is 5.91 Å². The molecule has 0 aliphatic carbocycles. The van der Waals surface area contributed by atoms with E-state index in [0.717, 1.165) is 17.8 Å². The summed E-state index contributed by atoms with van der Waals surface area (Å²) in [6.07, 6.45) is 2.46. The molecule has 0 bridgehead atoms. The first-order valence-corrected chi connectivity index (χ1v) is 9.03. The maximum Gasteiger partial charge on any atom is 0.322 e. The maximum absolute atomic E-state index is 12.8. The van der Waals surface area contributed by atoms with Crippen LogP contribution >= 0.6 is 0 Å². The molecule has 2 heterocycles. The van der Waals surface area contributed by atoms with E-state index in [1.165, 1.54) is 0 Å². The van der Waals surface area contributed by atoms with Gasteiger partial charge in [0, 0.05) is 38.6 Å². The zero-order valence-electron chi connectivity index (χ0n) is 15.7. The number of amides is 3. The van der Waals surface area contributed by atoms with E-state index in [0.29, 0.717) is 31.9 Å². The van der Waals surface area contributed by atoms with E-state index in [9.17, 15) is 9.59 Å². The lowest BCUT2D eigenvalue weighted by atomic mass is 10.2. The molecule has 1 aliphatic heterocycles. The lowest BCUT2D eigenvalue weighted by molar-refractivity contribution is -0.131. The lowest BCUT2D eigenvalue weighted by Gasteiger charge is -2.22. The zero-order chi connectivity index (χ0) is 19.2. The molecule has 0 unspecified atom stereocenters. The number of rotatable bonds is 5. The highest BCUT2D eigenvalue weighted by atomic mass is 16.5. The van der Waals surface area contributed by atoms with Crippen LogP contribution in [0.25, 0.3) is 5.69 Å². The molecule has 3 amide bonds. The Labute approximate surface area is 158 Å². The van der Waals surface area contributed by atoms with Gasteiger partial charge in [-0.3, -0.25) is 4.79 Å². The van der Waals surface area contributed by atoms with Crippen LogP contribution in [0, 0.1) is 6.92 Å². The minimum atomic E-state index is -0.283. The molecule has 0 atom stereocenters. The van der Waals surface area contributed by atoms with E-state index in [2.05, 4.69) is 10.4 Å². The summed E-state index contributed by atoms with van der Waals surface area (Å²) in [6.45, 7) is 4.23. The van der Waals surface area contributed by atoms with Crippen molar-refractivity contribution in [3.8, 4) is 5.69 Å². The van der Waals surface area contributed by atoms with Crippen molar-refractivity contribution in [3.63, 3.8) is 0 Å². The molecular formula is C19H25N5O3. The number of urea groups is 1. The van der Waals surface area contributed by atoms with Crippen LogP contribution in [0.15, 0.2) is 36.5 Å². The van der Waals surface area contributed by atoms with Crippen molar-refractivity contribution in [2.24, 2.45) is 0 Å². The van der Waals surface area contributed by atoms with Crippen LogP contribution in [-0.2, 0) is 9.53 Å². The summed E-state index contributed by atoms with van der Waals surface area (Å²) >= 11 is 0. The van der Waals surface area contributed by atoms with E-state index in [-0.39, 0.29) is 18.5 Å². The second kappa shape index (κ2) is 8.68. The number of hydrogen-bond donors (Lipinski definition) is 1. The van der Waals surface area contributed by atoms with Gasteiger partial charge in [-0.25, -0.2) is 9.48 Å². The molecule has 8 heteroatoms. The van der Waals surface area contributed by atoms with Crippen molar-refractivity contribution in [1.82, 2.24) is 19.6 Å². The highest BCUT2D eigenvalue weighted by molar-refractivity contribution is 5.94. The highest BCUT2D eigenvalue weighted by Crippen LogP contribution is 2.21. The first-order chi connectivity index (χ1) is 13.1. The first-order valence-electron chi connectivity index (χ1n) is 9.03. The quantitative estimate of drug-likeness (QED) is 0.870. The molecule has 1 N–H and O–H groups in total. The molecule has 0 radical (unpaired) electrons.